The number of likely N-dealkylation sites (tertiary alicyclic amines) is 1. The molecule has 0 saturated carbocycles. The molecule has 21 heavy (non-hydrogen) atoms. The molecule has 0 unspecified atom stereocenters. The van der Waals surface area contributed by atoms with Gasteiger partial charge in [0.2, 0.25) is 0 Å². The molecule has 1 saturated heterocycles. The topological polar surface area (TPSA) is 98.6 Å². The average Bonchev–Trinajstić information content (AvgIpc) is 2.74. The van der Waals surface area contributed by atoms with E-state index >= 15 is 0 Å². The minimum absolute atomic E-state index is 0.0656. The number of hydrogen-bond donors (Lipinski definition) is 2. The molecular formula is C15H21N3O3. The molecule has 4 N–H and O–H groups in total. The smallest absolute Gasteiger partial charge is 0.260 e. The highest BCUT2D eigenvalue weighted by Gasteiger charge is 2.17. The zero-order valence-electron chi connectivity index (χ0n) is 12.0. The standard InChI is InChI=1S/C15H21N3O3/c16-11-5-6-13(12(9-11)15(17)20)21-10-14(19)18-7-3-1-2-4-8-18/h5-6,9H,1-4,7-8,10,16H2,(H2,17,20). The molecule has 1 aliphatic heterocycles. The van der Waals surface area contributed by atoms with Crippen LogP contribution in [0.3, 0.4) is 0 Å². The minimum Gasteiger partial charge on any atom is -0.483 e. The lowest BCUT2D eigenvalue weighted by Gasteiger charge is -2.20. The number of carbonyl (C=O) groups is 2. The van der Waals surface area contributed by atoms with Crippen molar-refractivity contribution in [3.05, 3.63) is 23.8 Å². The van der Waals surface area contributed by atoms with Crippen molar-refractivity contribution in [2.45, 2.75) is 25.7 Å². The summed E-state index contributed by atoms with van der Waals surface area (Å²) in [5.41, 5.74) is 11.5. The fraction of sp³-hybridized carbons (Fsp3) is 0.467. The zero-order chi connectivity index (χ0) is 15.2. The molecule has 0 aromatic heterocycles. The lowest BCUT2D eigenvalue weighted by molar-refractivity contribution is -0.133. The van der Waals surface area contributed by atoms with Gasteiger partial charge in [-0.15, -0.1) is 0 Å². The molecule has 0 spiro atoms. The Bertz CT molecular complexity index is 523. The number of amides is 2. The number of carbonyl (C=O) groups excluding carboxylic acids is 2. The predicted molar refractivity (Wildman–Crippen MR) is 79.9 cm³/mol. The van der Waals surface area contributed by atoms with Gasteiger partial charge in [-0.2, -0.15) is 0 Å². The molecule has 6 nitrogen and oxygen atoms in total. The van der Waals surface area contributed by atoms with Crippen LogP contribution >= 0.6 is 0 Å². The maximum absolute atomic E-state index is 12.1. The summed E-state index contributed by atoms with van der Waals surface area (Å²) in [5, 5.41) is 0. The highest BCUT2D eigenvalue weighted by molar-refractivity contribution is 5.96. The van der Waals surface area contributed by atoms with Crippen LogP contribution in [-0.4, -0.2) is 36.4 Å². The zero-order valence-corrected chi connectivity index (χ0v) is 12.0. The maximum Gasteiger partial charge on any atom is 0.260 e. The van der Waals surface area contributed by atoms with Gasteiger partial charge in [-0.3, -0.25) is 9.59 Å². The molecule has 0 bridgehead atoms. The van der Waals surface area contributed by atoms with E-state index < -0.39 is 5.91 Å². The summed E-state index contributed by atoms with van der Waals surface area (Å²) < 4.78 is 5.46. The molecule has 1 heterocycles. The SMILES string of the molecule is NC(=O)c1cc(N)ccc1OCC(=O)N1CCCCCC1. The third-order valence-corrected chi connectivity index (χ3v) is 3.58. The van der Waals surface area contributed by atoms with Gasteiger partial charge in [0.25, 0.3) is 11.8 Å². The molecule has 2 amide bonds. The number of rotatable bonds is 4. The fourth-order valence-corrected chi connectivity index (χ4v) is 2.42. The van der Waals surface area contributed by atoms with E-state index in [4.69, 9.17) is 16.2 Å². The Morgan fingerprint density at radius 2 is 1.81 bits per heavy atom. The highest BCUT2D eigenvalue weighted by atomic mass is 16.5. The van der Waals surface area contributed by atoms with Crippen molar-refractivity contribution in [3.63, 3.8) is 0 Å². The summed E-state index contributed by atoms with van der Waals surface area (Å²) >= 11 is 0. The molecule has 1 aliphatic rings. The van der Waals surface area contributed by atoms with E-state index in [1.54, 1.807) is 12.1 Å². The van der Waals surface area contributed by atoms with Crippen LogP contribution in [0.5, 0.6) is 5.75 Å². The van der Waals surface area contributed by atoms with E-state index in [0.717, 1.165) is 38.8 Å². The summed E-state index contributed by atoms with van der Waals surface area (Å²) in [6, 6.07) is 4.62. The molecule has 0 radical (unpaired) electrons. The normalized spacial score (nSPS) is 15.3. The average molecular weight is 291 g/mol. The van der Waals surface area contributed by atoms with Crippen molar-refractivity contribution >= 4 is 17.5 Å². The molecule has 2 rings (SSSR count). The summed E-state index contributed by atoms with van der Waals surface area (Å²) in [5.74, 6) is -0.400. The van der Waals surface area contributed by atoms with Gasteiger partial charge in [-0.05, 0) is 31.0 Å². The Balaban J connectivity index is 1.99. The first-order valence-electron chi connectivity index (χ1n) is 7.18. The Kier molecular flexibility index (Phi) is 5.03. The molecule has 1 aromatic rings. The van der Waals surface area contributed by atoms with Gasteiger partial charge in [0.15, 0.2) is 6.61 Å². The van der Waals surface area contributed by atoms with Gasteiger partial charge in [-0.1, -0.05) is 12.8 Å². The quantitative estimate of drug-likeness (QED) is 0.813. The lowest BCUT2D eigenvalue weighted by atomic mass is 10.1. The summed E-state index contributed by atoms with van der Waals surface area (Å²) in [7, 11) is 0. The second-order valence-corrected chi connectivity index (χ2v) is 5.20. The Hall–Kier alpha value is -2.24. The van der Waals surface area contributed by atoms with Crippen LogP contribution < -0.4 is 16.2 Å². The van der Waals surface area contributed by atoms with Gasteiger partial charge >= 0.3 is 0 Å². The number of hydrogen-bond acceptors (Lipinski definition) is 4. The number of benzene rings is 1. The Labute approximate surface area is 124 Å². The van der Waals surface area contributed by atoms with Crippen LogP contribution in [0.1, 0.15) is 36.0 Å². The molecule has 6 heteroatoms. The number of anilines is 1. The van der Waals surface area contributed by atoms with Gasteiger partial charge in [0.05, 0.1) is 5.56 Å². The third-order valence-electron chi connectivity index (χ3n) is 3.58. The van der Waals surface area contributed by atoms with Gasteiger partial charge < -0.3 is 21.1 Å². The van der Waals surface area contributed by atoms with Crippen LogP contribution in [0.4, 0.5) is 5.69 Å². The summed E-state index contributed by atoms with van der Waals surface area (Å²) in [6.07, 6.45) is 4.38. The van der Waals surface area contributed by atoms with Gasteiger partial charge in [0, 0.05) is 18.8 Å². The van der Waals surface area contributed by atoms with E-state index in [9.17, 15) is 9.59 Å². The van der Waals surface area contributed by atoms with Crippen molar-refractivity contribution in [3.8, 4) is 5.75 Å². The molecule has 1 fully saturated rings. The Morgan fingerprint density at radius 1 is 1.14 bits per heavy atom. The molecular weight excluding hydrogens is 270 g/mol. The molecule has 0 atom stereocenters. The van der Waals surface area contributed by atoms with Crippen LogP contribution in [-0.2, 0) is 4.79 Å². The maximum atomic E-state index is 12.1. The van der Waals surface area contributed by atoms with Crippen LogP contribution in [0.2, 0.25) is 0 Å². The first-order valence-corrected chi connectivity index (χ1v) is 7.18. The number of nitrogen functional groups attached to an aromatic ring is 1. The molecule has 1 aromatic carbocycles. The number of ether oxygens (including phenoxy) is 1. The fourth-order valence-electron chi connectivity index (χ4n) is 2.42. The van der Waals surface area contributed by atoms with E-state index in [-0.39, 0.29) is 18.1 Å². The number of nitrogens with two attached hydrogens (primary N) is 2. The van der Waals surface area contributed by atoms with Crippen molar-refractivity contribution in [1.82, 2.24) is 4.90 Å². The van der Waals surface area contributed by atoms with Gasteiger partial charge in [-0.25, -0.2) is 0 Å². The third kappa shape index (κ3) is 4.11. The van der Waals surface area contributed by atoms with Crippen molar-refractivity contribution in [1.29, 1.82) is 0 Å². The second kappa shape index (κ2) is 6.97. The van der Waals surface area contributed by atoms with E-state index in [2.05, 4.69) is 0 Å². The first-order chi connectivity index (χ1) is 10.1. The lowest BCUT2D eigenvalue weighted by Crippen LogP contribution is -2.35. The van der Waals surface area contributed by atoms with Gasteiger partial charge in [0.1, 0.15) is 5.75 Å². The minimum atomic E-state index is -0.625. The second-order valence-electron chi connectivity index (χ2n) is 5.20. The Morgan fingerprint density at radius 3 is 2.43 bits per heavy atom. The molecule has 0 aliphatic carbocycles. The molecule has 114 valence electrons. The van der Waals surface area contributed by atoms with Crippen LogP contribution in [0.25, 0.3) is 0 Å². The van der Waals surface area contributed by atoms with E-state index in [1.165, 1.54) is 6.07 Å². The predicted octanol–water partition coefficient (Wildman–Crippen LogP) is 1.15. The van der Waals surface area contributed by atoms with Crippen LogP contribution in [0, 0.1) is 0 Å². The van der Waals surface area contributed by atoms with Crippen molar-refractivity contribution in [2.75, 3.05) is 25.4 Å². The first kappa shape index (κ1) is 15.2. The number of nitrogens with zero attached hydrogens (tertiary/aromatic N) is 1. The van der Waals surface area contributed by atoms with Crippen molar-refractivity contribution < 1.29 is 14.3 Å². The van der Waals surface area contributed by atoms with E-state index in [0.29, 0.717) is 11.4 Å². The highest BCUT2D eigenvalue weighted by Crippen LogP contribution is 2.21. The summed E-state index contributed by atoms with van der Waals surface area (Å²) in [4.78, 5) is 25.3. The van der Waals surface area contributed by atoms with Crippen molar-refractivity contribution in [2.24, 2.45) is 5.73 Å². The summed E-state index contributed by atoms with van der Waals surface area (Å²) in [6.45, 7) is 1.45. The van der Waals surface area contributed by atoms with Crippen LogP contribution in [0.15, 0.2) is 18.2 Å². The monoisotopic (exact) mass is 291 g/mol. The number of primary amides is 1. The van der Waals surface area contributed by atoms with E-state index in [1.807, 2.05) is 4.90 Å². The largest absolute Gasteiger partial charge is 0.483 e.